The number of rotatable bonds is 4. The Bertz CT molecular complexity index is 328. The molecule has 84 valence electrons. The van der Waals surface area contributed by atoms with E-state index in [-0.39, 0.29) is 12.1 Å². The highest BCUT2D eigenvalue weighted by molar-refractivity contribution is 6.30. The summed E-state index contributed by atoms with van der Waals surface area (Å²) >= 11 is 5.84. The number of pyridine rings is 1. The number of halogens is 1. The van der Waals surface area contributed by atoms with Gasteiger partial charge in [0.25, 0.3) is 0 Å². The maximum atomic E-state index is 6.03. The molecule has 2 unspecified atom stereocenters. The standard InChI is InChI=1S/C10H16ClN3O/c1-3-8(15-2)9(12)7-4-6(11)5-14-10(7)13/h4-5,8-9H,3,12H2,1-2H3,(H2,13,14). The van der Waals surface area contributed by atoms with E-state index in [2.05, 4.69) is 4.98 Å². The Morgan fingerprint density at radius 1 is 1.60 bits per heavy atom. The number of ether oxygens (including phenoxy) is 1. The summed E-state index contributed by atoms with van der Waals surface area (Å²) < 4.78 is 5.26. The summed E-state index contributed by atoms with van der Waals surface area (Å²) in [4.78, 5) is 3.96. The first-order valence-corrected chi connectivity index (χ1v) is 5.17. The highest BCUT2D eigenvalue weighted by Crippen LogP contribution is 2.25. The first-order valence-electron chi connectivity index (χ1n) is 4.79. The lowest BCUT2D eigenvalue weighted by Gasteiger charge is -2.22. The van der Waals surface area contributed by atoms with Crippen LogP contribution in [0.4, 0.5) is 5.82 Å². The Kier molecular flexibility index (Phi) is 4.32. The molecule has 0 aliphatic heterocycles. The van der Waals surface area contributed by atoms with Crippen LogP contribution in [-0.4, -0.2) is 18.2 Å². The van der Waals surface area contributed by atoms with E-state index >= 15 is 0 Å². The van der Waals surface area contributed by atoms with Crippen molar-refractivity contribution in [3.8, 4) is 0 Å². The SMILES string of the molecule is CCC(OC)C(N)c1cc(Cl)cnc1N. The van der Waals surface area contributed by atoms with E-state index in [0.29, 0.717) is 10.8 Å². The van der Waals surface area contributed by atoms with Crippen LogP contribution in [0.15, 0.2) is 12.3 Å². The average molecular weight is 230 g/mol. The van der Waals surface area contributed by atoms with Crippen molar-refractivity contribution in [2.45, 2.75) is 25.5 Å². The van der Waals surface area contributed by atoms with E-state index < -0.39 is 0 Å². The molecule has 0 aliphatic carbocycles. The fourth-order valence-electron chi connectivity index (χ4n) is 1.50. The molecule has 2 atom stereocenters. The lowest BCUT2D eigenvalue weighted by atomic mass is 10.0. The Morgan fingerprint density at radius 3 is 2.80 bits per heavy atom. The zero-order chi connectivity index (χ0) is 11.4. The molecule has 0 spiro atoms. The van der Waals surface area contributed by atoms with E-state index in [9.17, 15) is 0 Å². The molecule has 0 amide bonds. The Balaban J connectivity index is 2.98. The van der Waals surface area contributed by atoms with E-state index in [4.69, 9.17) is 27.8 Å². The van der Waals surface area contributed by atoms with Crippen molar-refractivity contribution in [2.75, 3.05) is 12.8 Å². The molecule has 4 N–H and O–H groups in total. The molecule has 1 heterocycles. The summed E-state index contributed by atoms with van der Waals surface area (Å²) in [5.41, 5.74) is 12.5. The van der Waals surface area contributed by atoms with E-state index in [1.54, 1.807) is 13.2 Å². The van der Waals surface area contributed by atoms with Crippen LogP contribution in [0.2, 0.25) is 5.02 Å². The number of anilines is 1. The van der Waals surface area contributed by atoms with Gasteiger partial charge in [0.15, 0.2) is 0 Å². The molecule has 15 heavy (non-hydrogen) atoms. The molecule has 1 rings (SSSR count). The smallest absolute Gasteiger partial charge is 0.128 e. The largest absolute Gasteiger partial charge is 0.383 e. The van der Waals surface area contributed by atoms with Gasteiger partial charge < -0.3 is 16.2 Å². The number of nitrogens with zero attached hydrogens (tertiary/aromatic N) is 1. The molecule has 4 nitrogen and oxygen atoms in total. The molecule has 5 heteroatoms. The van der Waals surface area contributed by atoms with Crippen LogP contribution in [0.5, 0.6) is 0 Å². The van der Waals surface area contributed by atoms with Crippen molar-refractivity contribution in [1.29, 1.82) is 0 Å². The van der Waals surface area contributed by atoms with Crippen LogP contribution in [0.25, 0.3) is 0 Å². The molecular formula is C10H16ClN3O. The second-order valence-corrected chi connectivity index (χ2v) is 3.77. The second-order valence-electron chi connectivity index (χ2n) is 3.34. The molecule has 1 aromatic rings. The predicted molar refractivity (Wildman–Crippen MR) is 61.7 cm³/mol. The van der Waals surface area contributed by atoms with E-state index in [1.165, 1.54) is 6.20 Å². The molecule has 0 bridgehead atoms. The first-order chi connectivity index (χ1) is 7.10. The number of methoxy groups -OCH3 is 1. The maximum Gasteiger partial charge on any atom is 0.128 e. The fourth-order valence-corrected chi connectivity index (χ4v) is 1.67. The number of nitrogen functional groups attached to an aromatic ring is 1. The van der Waals surface area contributed by atoms with Gasteiger partial charge in [-0.15, -0.1) is 0 Å². The van der Waals surface area contributed by atoms with Gasteiger partial charge in [0.1, 0.15) is 5.82 Å². The van der Waals surface area contributed by atoms with Crippen LogP contribution in [0.3, 0.4) is 0 Å². The van der Waals surface area contributed by atoms with Gasteiger partial charge in [-0.25, -0.2) is 4.98 Å². The molecule has 0 saturated carbocycles. The third-order valence-corrected chi connectivity index (χ3v) is 2.59. The van der Waals surface area contributed by atoms with Crippen molar-refractivity contribution in [1.82, 2.24) is 4.98 Å². The first kappa shape index (κ1) is 12.2. The van der Waals surface area contributed by atoms with Crippen molar-refractivity contribution < 1.29 is 4.74 Å². The highest BCUT2D eigenvalue weighted by Gasteiger charge is 2.20. The Hall–Kier alpha value is -0.840. The van der Waals surface area contributed by atoms with Gasteiger partial charge in [0.2, 0.25) is 0 Å². The van der Waals surface area contributed by atoms with Crippen molar-refractivity contribution in [3.05, 3.63) is 22.8 Å². The van der Waals surface area contributed by atoms with Gasteiger partial charge in [-0.05, 0) is 12.5 Å². The molecular weight excluding hydrogens is 214 g/mol. The van der Waals surface area contributed by atoms with Crippen LogP contribution in [-0.2, 0) is 4.74 Å². The van der Waals surface area contributed by atoms with Gasteiger partial charge >= 0.3 is 0 Å². The van der Waals surface area contributed by atoms with E-state index in [1.807, 2.05) is 6.92 Å². The highest BCUT2D eigenvalue weighted by atomic mass is 35.5. The normalized spacial score (nSPS) is 14.9. The number of nitrogens with two attached hydrogens (primary N) is 2. The third kappa shape index (κ3) is 2.81. The summed E-state index contributed by atoms with van der Waals surface area (Å²) in [7, 11) is 1.63. The minimum Gasteiger partial charge on any atom is -0.383 e. The average Bonchev–Trinajstić information content (AvgIpc) is 2.23. The lowest BCUT2D eigenvalue weighted by molar-refractivity contribution is 0.0773. The van der Waals surface area contributed by atoms with Gasteiger partial charge in [-0.1, -0.05) is 18.5 Å². The van der Waals surface area contributed by atoms with Crippen LogP contribution in [0, 0.1) is 0 Å². The van der Waals surface area contributed by atoms with Gasteiger partial charge in [-0.3, -0.25) is 0 Å². The molecule has 1 aromatic heterocycles. The van der Waals surface area contributed by atoms with Gasteiger partial charge in [-0.2, -0.15) is 0 Å². The Labute approximate surface area is 94.6 Å². The molecule has 0 aliphatic rings. The summed E-state index contributed by atoms with van der Waals surface area (Å²) in [6, 6.07) is 1.43. The summed E-state index contributed by atoms with van der Waals surface area (Å²) in [5, 5.41) is 0.528. The minimum atomic E-state index is -0.300. The van der Waals surface area contributed by atoms with Crippen molar-refractivity contribution >= 4 is 17.4 Å². The van der Waals surface area contributed by atoms with Gasteiger partial charge in [0.05, 0.1) is 17.2 Å². The third-order valence-electron chi connectivity index (χ3n) is 2.38. The fraction of sp³-hybridized carbons (Fsp3) is 0.500. The van der Waals surface area contributed by atoms with E-state index in [0.717, 1.165) is 12.0 Å². The Morgan fingerprint density at radius 2 is 2.27 bits per heavy atom. The van der Waals surface area contributed by atoms with Gasteiger partial charge in [0, 0.05) is 18.9 Å². The zero-order valence-electron chi connectivity index (χ0n) is 8.90. The lowest BCUT2D eigenvalue weighted by Crippen LogP contribution is -2.28. The summed E-state index contributed by atoms with van der Waals surface area (Å²) in [6.45, 7) is 2.00. The van der Waals surface area contributed by atoms with Crippen LogP contribution >= 0.6 is 11.6 Å². The van der Waals surface area contributed by atoms with Crippen molar-refractivity contribution in [3.63, 3.8) is 0 Å². The van der Waals surface area contributed by atoms with Crippen LogP contribution < -0.4 is 11.5 Å². The summed E-state index contributed by atoms with van der Waals surface area (Å²) in [5.74, 6) is 0.405. The minimum absolute atomic E-state index is 0.0763. The number of aromatic nitrogens is 1. The number of hydrogen-bond acceptors (Lipinski definition) is 4. The molecule has 0 saturated heterocycles. The second kappa shape index (κ2) is 5.30. The topological polar surface area (TPSA) is 74.2 Å². The van der Waals surface area contributed by atoms with Crippen LogP contribution in [0.1, 0.15) is 24.9 Å². The van der Waals surface area contributed by atoms with Crippen molar-refractivity contribution in [2.24, 2.45) is 5.73 Å². The monoisotopic (exact) mass is 229 g/mol. The maximum absolute atomic E-state index is 6.03. The molecule has 0 fully saturated rings. The number of hydrogen-bond donors (Lipinski definition) is 2. The molecule has 0 aromatic carbocycles. The quantitative estimate of drug-likeness (QED) is 0.825. The zero-order valence-corrected chi connectivity index (χ0v) is 9.66. The predicted octanol–water partition coefficient (Wildman–Crippen LogP) is 1.74. The molecule has 0 radical (unpaired) electrons. The summed E-state index contributed by atoms with van der Waals surface area (Å²) in [6.07, 6.45) is 2.23.